The molecule has 2 rings (SSSR count). The molecule has 0 bridgehead atoms. The Hall–Kier alpha value is -3.43. The summed E-state index contributed by atoms with van der Waals surface area (Å²) in [4.78, 5) is 35.8. The molecule has 1 heterocycles. The molecular formula is C21H28N6O4. The molecule has 0 aliphatic heterocycles. The van der Waals surface area contributed by atoms with E-state index in [4.69, 9.17) is 4.74 Å². The molecule has 0 fully saturated rings. The van der Waals surface area contributed by atoms with Crippen molar-refractivity contribution in [2.24, 2.45) is 5.41 Å². The van der Waals surface area contributed by atoms with Gasteiger partial charge >= 0.3 is 6.09 Å². The summed E-state index contributed by atoms with van der Waals surface area (Å²) in [6.45, 7) is 10.9. The van der Waals surface area contributed by atoms with Crippen molar-refractivity contribution < 1.29 is 19.1 Å². The fourth-order valence-corrected chi connectivity index (χ4v) is 2.17. The molecule has 1 aromatic heterocycles. The van der Waals surface area contributed by atoms with Crippen molar-refractivity contribution in [3.8, 4) is 11.4 Å². The van der Waals surface area contributed by atoms with Crippen LogP contribution in [-0.4, -0.2) is 50.3 Å². The summed E-state index contributed by atoms with van der Waals surface area (Å²) < 4.78 is 4.97. The third-order valence-electron chi connectivity index (χ3n) is 3.85. The first kappa shape index (κ1) is 23.8. The number of aromatic nitrogens is 4. The molecule has 2 aromatic rings. The minimum atomic E-state index is -0.602. The van der Waals surface area contributed by atoms with E-state index in [-0.39, 0.29) is 30.6 Å². The van der Waals surface area contributed by atoms with E-state index in [1.807, 2.05) is 41.5 Å². The molecule has 1 aromatic carbocycles. The number of anilines is 1. The number of carbonyl (C=O) groups excluding carboxylic acids is 3. The molecule has 10 heteroatoms. The number of rotatable bonds is 6. The summed E-state index contributed by atoms with van der Waals surface area (Å²) in [6.07, 6.45) is -0.683. The number of ketones is 1. The number of benzene rings is 1. The highest BCUT2D eigenvalue weighted by molar-refractivity contribution is 5.94. The highest BCUT2D eigenvalue weighted by Gasteiger charge is 2.21. The summed E-state index contributed by atoms with van der Waals surface area (Å²) in [7, 11) is 0. The number of Topliss-reactive ketones (excluding diaryl/α,β-unsaturated/α-hetero) is 1. The lowest BCUT2D eigenvalue weighted by atomic mass is 9.95. The van der Waals surface area contributed by atoms with Gasteiger partial charge in [0.05, 0.1) is 0 Å². The van der Waals surface area contributed by atoms with Gasteiger partial charge in [-0.1, -0.05) is 20.8 Å². The molecule has 0 saturated heterocycles. The number of nitrogens with zero attached hydrogens (tertiary/aromatic N) is 4. The topological polar surface area (TPSA) is 136 Å². The standard InChI is InChI=1S/C21H28N6O4/c1-20(2,3)18(29)22-14-9-7-13(8-10-14)16-24-26-17(27-25-16)15(28)11-12-31-19(30)23-21(4,5)6/h7-10H,11-12H2,1-6H3,(H,22,29)(H,23,30). The van der Waals surface area contributed by atoms with E-state index < -0.39 is 22.8 Å². The molecule has 0 unspecified atom stereocenters. The molecular weight excluding hydrogens is 400 g/mol. The predicted octanol–water partition coefficient (Wildman–Crippen LogP) is 3.02. The van der Waals surface area contributed by atoms with Gasteiger partial charge in [0.1, 0.15) is 6.61 Å². The maximum absolute atomic E-state index is 12.1. The fourth-order valence-electron chi connectivity index (χ4n) is 2.17. The van der Waals surface area contributed by atoms with Gasteiger partial charge in [-0.25, -0.2) is 4.79 Å². The van der Waals surface area contributed by atoms with Crippen molar-refractivity contribution >= 4 is 23.5 Å². The number of alkyl carbamates (subject to hydrolysis) is 1. The van der Waals surface area contributed by atoms with Crippen LogP contribution in [0.25, 0.3) is 11.4 Å². The second-order valence-electron chi connectivity index (χ2n) is 9.01. The Morgan fingerprint density at radius 3 is 2.00 bits per heavy atom. The summed E-state index contributed by atoms with van der Waals surface area (Å²) in [6, 6.07) is 6.89. The Morgan fingerprint density at radius 2 is 1.48 bits per heavy atom. The fraction of sp³-hybridized carbons (Fsp3) is 0.476. The van der Waals surface area contributed by atoms with Crippen LogP contribution in [0.3, 0.4) is 0 Å². The van der Waals surface area contributed by atoms with Gasteiger partial charge in [0, 0.05) is 28.6 Å². The summed E-state index contributed by atoms with van der Waals surface area (Å²) in [5, 5.41) is 21.0. The van der Waals surface area contributed by atoms with Crippen LogP contribution in [0.15, 0.2) is 24.3 Å². The van der Waals surface area contributed by atoms with Gasteiger partial charge in [0.15, 0.2) is 0 Å². The van der Waals surface area contributed by atoms with Crippen LogP contribution in [-0.2, 0) is 9.53 Å². The van der Waals surface area contributed by atoms with E-state index in [0.717, 1.165) is 0 Å². The number of ether oxygens (including phenoxy) is 1. The SMILES string of the molecule is CC(C)(C)NC(=O)OCCC(=O)c1nnc(-c2ccc(NC(=O)C(C)(C)C)cc2)nn1. The van der Waals surface area contributed by atoms with Crippen molar-refractivity contribution in [2.75, 3.05) is 11.9 Å². The Morgan fingerprint density at radius 1 is 0.903 bits per heavy atom. The average Bonchev–Trinajstić information content (AvgIpc) is 2.66. The van der Waals surface area contributed by atoms with Gasteiger partial charge in [0.2, 0.25) is 23.3 Å². The third kappa shape index (κ3) is 7.72. The summed E-state index contributed by atoms with van der Waals surface area (Å²) in [5.74, 6) is -0.443. The van der Waals surface area contributed by atoms with Crippen molar-refractivity contribution in [3.63, 3.8) is 0 Å². The maximum Gasteiger partial charge on any atom is 0.407 e. The van der Waals surface area contributed by atoms with E-state index in [9.17, 15) is 14.4 Å². The van der Waals surface area contributed by atoms with E-state index in [2.05, 4.69) is 31.0 Å². The van der Waals surface area contributed by atoms with Crippen molar-refractivity contribution in [2.45, 2.75) is 53.5 Å². The number of carbonyl (C=O) groups is 3. The van der Waals surface area contributed by atoms with Gasteiger partial charge < -0.3 is 15.4 Å². The highest BCUT2D eigenvalue weighted by atomic mass is 16.5. The highest BCUT2D eigenvalue weighted by Crippen LogP contribution is 2.20. The van der Waals surface area contributed by atoms with Gasteiger partial charge in [-0.05, 0) is 45.0 Å². The van der Waals surface area contributed by atoms with Crippen LogP contribution < -0.4 is 10.6 Å². The van der Waals surface area contributed by atoms with Crippen LogP contribution in [0.2, 0.25) is 0 Å². The molecule has 0 atom stereocenters. The number of nitrogens with one attached hydrogen (secondary N) is 2. The first-order valence-corrected chi connectivity index (χ1v) is 9.82. The Labute approximate surface area is 181 Å². The number of hydrogen-bond donors (Lipinski definition) is 2. The average molecular weight is 428 g/mol. The summed E-state index contributed by atoms with van der Waals surface area (Å²) >= 11 is 0. The zero-order valence-electron chi connectivity index (χ0n) is 18.6. The van der Waals surface area contributed by atoms with Crippen LogP contribution >= 0.6 is 0 Å². The summed E-state index contributed by atoms with van der Waals surface area (Å²) in [5.41, 5.74) is 0.353. The Kier molecular flexibility index (Phi) is 7.37. The van der Waals surface area contributed by atoms with E-state index in [0.29, 0.717) is 11.3 Å². The van der Waals surface area contributed by atoms with Crippen molar-refractivity contribution in [1.29, 1.82) is 0 Å². The molecule has 0 radical (unpaired) electrons. The van der Waals surface area contributed by atoms with E-state index in [1.54, 1.807) is 24.3 Å². The zero-order valence-corrected chi connectivity index (χ0v) is 18.6. The number of amides is 2. The van der Waals surface area contributed by atoms with Crippen molar-refractivity contribution in [3.05, 3.63) is 30.1 Å². The van der Waals surface area contributed by atoms with Crippen LogP contribution in [0.5, 0.6) is 0 Å². The molecule has 31 heavy (non-hydrogen) atoms. The van der Waals surface area contributed by atoms with Gasteiger partial charge in [-0.3, -0.25) is 9.59 Å². The van der Waals surface area contributed by atoms with E-state index >= 15 is 0 Å². The molecule has 2 N–H and O–H groups in total. The van der Waals surface area contributed by atoms with Crippen LogP contribution in [0.1, 0.15) is 58.6 Å². The second kappa shape index (κ2) is 9.59. The molecule has 0 aliphatic carbocycles. The molecule has 0 spiro atoms. The molecule has 2 amide bonds. The lowest BCUT2D eigenvalue weighted by Crippen LogP contribution is -2.41. The minimum Gasteiger partial charge on any atom is -0.449 e. The lowest BCUT2D eigenvalue weighted by Gasteiger charge is -2.19. The van der Waals surface area contributed by atoms with Crippen LogP contribution in [0.4, 0.5) is 10.5 Å². The van der Waals surface area contributed by atoms with Gasteiger partial charge in [-0.2, -0.15) is 0 Å². The first-order valence-electron chi connectivity index (χ1n) is 9.82. The largest absolute Gasteiger partial charge is 0.449 e. The van der Waals surface area contributed by atoms with Gasteiger partial charge in [0.25, 0.3) is 0 Å². The molecule has 166 valence electrons. The Balaban J connectivity index is 1.92. The smallest absolute Gasteiger partial charge is 0.407 e. The molecule has 0 aliphatic rings. The minimum absolute atomic E-state index is 0.0809. The second-order valence-corrected chi connectivity index (χ2v) is 9.01. The Bertz CT molecular complexity index is 928. The maximum atomic E-state index is 12.1. The number of hydrogen-bond acceptors (Lipinski definition) is 8. The normalized spacial score (nSPS) is 11.5. The monoisotopic (exact) mass is 428 g/mol. The molecule has 10 nitrogen and oxygen atoms in total. The molecule has 0 saturated carbocycles. The zero-order chi connectivity index (χ0) is 23.2. The lowest BCUT2D eigenvalue weighted by molar-refractivity contribution is -0.123. The van der Waals surface area contributed by atoms with E-state index in [1.165, 1.54) is 0 Å². The van der Waals surface area contributed by atoms with Crippen LogP contribution in [0, 0.1) is 5.41 Å². The third-order valence-corrected chi connectivity index (χ3v) is 3.85. The predicted molar refractivity (Wildman–Crippen MR) is 114 cm³/mol. The first-order chi connectivity index (χ1) is 14.3. The van der Waals surface area contributed by atoms with Crippen molar-refractivity contribution in [1.82, 2.24) is 25.7 Å². The quantitative estimate of drug-likeness (QED) is 0.670. The van der Waals surface area contributed by atoms with Gasteiger partial charge in [-0.15, -0.1) is 20.4 Å².